The molecular formula is C8H15N3. The first kappa shape index (κ1) is 8.14. The van der Waals surface area contributed by atoms with E-state index >= 15 is 0 Å². The summed E-state index contributed by atoms with van der Waals surface area (Å²) in [5.41, 5.74) is 13.0. The maximum atomic E-state index is 5.61. The molecule has 1 heterocycles. The van der Waals surface area contributed by atoms with Crippen molar-refractivity contribution < 1.29 is 0 Å². The standard InChI is InChI=1S/C8H15N3/c1-2-3-11-6-7(10)4-8(11)5-9/h4,6H,2-3,5,9-10H2,1H3. The molecule has 0 aliphatic heterocycles. The van der Waals surface area contributed by atoms with Crippen LogP contribution in [0, 0.1) is 0 Å². The van der Waals surface area contributed by atoms with Gasteiger partial charge in [-0.15, -0.1) is 0 Å². The zero-order valence-electron chi connectivity index (χ0n) is 6.88. The van der Waals surface area contributed by atoms with Crippen LogP contribution in [0.2, 0.25) is 0 Å². The molecule has 0 radical (unpaired) electrons. The quantitative estimate of drug-likeness (QED) is 0.679. The van der Waals surface area contributed by atoms with Crippen molar-refractivity contribution in [3.05, 3.63) is 18.0 Å². The van der Waals surface area contributed by atoms with E-state index in [-0.39, 0.29) is 0 Å². The van der Waals surface area contributed by atoms with Crippen molar-refractivity contribution >= 4 is 5.69 Å². The zero-order valence-corrected chi connectivity index (χ0v) is 6.88. The number of hydrogen-bond acceptors (Lipinski definition) is 2. The van der Waals surface area contributed by atoms with Crippen molar-refractivity contribution in [2.75, 3.05) is 5.73 Å². The van der Waals surface area contributed by atoms with Gasteiger partial charge in [0.25, 0.3) is 0 Å². The molecule has 1 rings (SSSR count). The molecule has 11 heavy (non-hydrogen) atoms. The van der Waals surface area contributed by atoms with Crippen molar-refractivity contribution in [2.45, 2.75) is 26.4 Å². The first-order valence-electron chi connectivity index (χ1n) is 3.92. The van der Waals surface area contributed by atoms with Crippen LogP contribution in [-0.4, -0.2) is 4.57 Å². The summed E-state index contributed by atoms with van der Waals surface area (Å²) >= 11 is 0. The fourth-order valence-corrected chi connectivity index (χ4v) is 1.20. The van der Waals surface area contributed by atoms with Gasteiger partial charge in [-0.1, -0.05) is 6.92 Å². The van der Waals surface area contributed by atoms with Gasteiger partial charge in [0.05, 0.1) is 0 Å². The van der Waals surface area contributed by atoms with Crippen LogP contribution in [0.1, 0.15) is 19.0 Å². The number of aromatic nitrogens is 1. The zero-order chi connectivity index (χ0) is 8.27. The molecule has 0 atom stereocenters. The van der Waals surface area contributed by atoms with Crippen molar-refractivity contribution in [3.8, 4) is 0 Å². The molecule has 4 N–H and O–H groups in total. The fourth-order valence-electron chi connectivity index (χ4n) is 1.20. The summed E-state index contributed by atoms with van der Waals surface area (Å²) in [4.78, 5) is 0. The molecular weight excluding hydrogens is 138 g/mol. The molecule has 0 saturated heterocycles. The van der Waals surface area contributed by atoms with Gasteiger partial charge in [0.15, 0.2) is 0 Å². The van der Waals surface area contributed by atoms with Crippen molar-refractivity contribution in [1.29, 1.82) is 0 Å². The minimum absolute atomic E-state index is 0.567. The van der Waals surface area contributed by atoms with Gasteiger partial charge in [-0.3, -0.25) is 0 Å². The van der Waals surface area contributed by atoms with E-state index in [1.165, 1.54) is 0 Å². The smallest absolute Gasteiger partial charge is 0.0497 e. The van der Waals surface area contributed by atoms with Crippen molar-refractivity contribution in [1.82, 2.24) is 4.57 Å². The van der Waals surface area contributed by atoms with E-state index in [1.54, 1.807) is 0 Å². The van der Waals surface area contributed by atoms with Gasteiger partial charge in [0.2, 0.25) is 0 Å². The Kier molecular flexibility index (Phi) is 2.54. The highest BCUT2D eigenvalue weighted by Gasteiger charge is 1.99. The largest absolute Gasteiger partial charge is 0.397 e. The van der Waals surface area contributed by atoms with Gasteiger partial charge in [-0.05, 0) is 12.5 Å². The number of anilines is 1. The monoisotopic (exact) mass is 153 g/mol. The highest BCUT2D eigenvalue weighted by atomic mass is 15.0. The van der Waals surface area contributed by atoms with Crippen molar-refractivity contribution in [2.24, 2.45) is 5.73 Å². The number of rotatable bonds is 3. The number of hydrogen-bond donors (Lipinski definition) is 2. The van der Waals surface area contributed by atoms with Crippen LogP contribution in [0.5, 0.6) is 0 Å². The van der Waals surface area contributed by atoms with Gasteiger partial charge < -0.3 is 16.0 Å². The van der Waals surface area contributed by atoms with Gasteiger partial charge in [0, 0.05) is 30.7 Å². The third kappa shape index (κ3) is 1.74. The Balaban J connectivity index is 2.83. The summed E-state index contributed by atoms with van der Waals surface area (Å²) < 4.78 is 2.11. The van der Waals surface area contributed by atoms with E-state index in [4.69, 9.17) is 11.5 Å². The third-order valence-electron chi connectivity index (χ3n) is 1.68. The van der Waals surface area contributed by atoms with E-state index in [2.05, 4.69) is 11.5 Å². The Morgan fingerprint density at radius 1 is 1.55 bits per heavy atom. The Bertz CT molecular complexity index is 227. The molecule has 0 aliphatic rings. The first-order chi connectivity index (χ1) is 5.27. The van der Waals surface area contributed by atoms with Gasteiger partial charge in [0.1, 0.15) is 0 Å². The molecule has 0 bridgehead atoms. The van der Waals surface area contributed by atoms with Crippen LogP contribution in [-0.2, 0) is 13.1 Å². The molecule has 1 aromatic heterocycles. The second-order valence-electron chi connectivity index (χ2n) is 2.66. The lowest BCUT2D eigenvalue weighted by atomic mass is 10.4. The van der Waals surface area contributed by atoms with E-state index in [9.17, 15) is 0 Å². The van der Waals surface area contributed by atoms with Crippen LogP contribution in [0.25, 0.3) is 0 Å². The lowest BCUT2D eigenvalue weighted by molar-refractivity contribution is 0.650. The molecule has 0 aromatic carbocycles. The first-order valence-corrected chi connectivity index (χ1v) is 3.92. The molecule has 3 heteroatoms. The Morgan fingerprint density at radius 3 is 2.82 bits per heavy atom. The third-order valence-corrected chi connectivity index (χ3v) is 1.68. The van der Waals surface area contributed by atoms with Crippen LogP contribution >= 0.6 is 0 Å². The Hall–Kier alpha value is -0.960. The Morgan fingerprint density at radius 2 is 2.27 bits per heavy atom. The maximum Gasteiger partial charge on any atom is 0.0497 e. The molecule has 0 aliphatic carbocycles. The summed E-state index contributed by atoms with van der Waals surface area (Å²) in [5.74, 6) is 0. The van der Waals surface area contributed by atoms with Gasteiger partial charge in [-0.2, -0.15) is 0 Å². The van der Waals surface area contributed by atoms with Crippen LogP contribution in [0.15, 0.2) is 12.3 Å². The van der Waals surface area contributed by atoms with Crippen LogP contribution in [0.4, 0.5) is 5.69 Å². The van der Waals surface area contributed by atoms with Crippen molar-refractivity contribution in [3.63, 3.8) is 0 Å². The molecule has 0 fully saturated rings. The topological polar surface area (TPSA) is 57.0 Å². The minimum atomic E-state index is 0.567. The lowest BCUT2D eigenvalue weighted by Crippen LogP contribution is -2.05. The summed E-state index contributed by atoms with van der Waals surface area (Å²) in [7, 11) is 0. The summed E-state index contributed by atoms with van der Waals surface area (Å²) in [6.45, 7) is 3.71. The molecule has 1 aromatic rings. The van der Waals surface area contributed by atoms with Gasteiger partial charge >= 0.3 is 0 Å². The van der Waals surface area contributed by atoms with E-state index in [0.717, 1.165) is 24.3 Å². The van der Waals surface area contributed by atoms with E-state index < -0.39 is 0 Å². The lowest BCUT2D eigenvalue weighted by Gasteiger charge is -2.03. The van der Waals surface area contributed by atoms with Gasteiger partial charge in [-0.25, -0.2) is 0 Å². The second-order valence-corrected chi connectivity index (χ2v) is 2.66. The summed E-state index contributed by atoms with van der Waals surface area (Å²) in [6.07, 6.45) is 3.05. The van der Waals surface area contributed by atoms with Crippen LogP contribution in [0.3, 0.4) is 0 Å². The van der Waals surface area contributed by atoms with E-state index in [1.807, 2.05) is 12.3 Å². The molecule has 3 nitrogen and oxygen atoms in total. The number of aryl methyl sites for hydroxylation is 1. The number of nitrogens with two attached hydrogens (primary N) is 2. The maximum absolute atomic E-state index is 5.61. The van der Waals surface area contributed by atoms with E-state index in [0.29, 0.717) is 6.54 Å². The number of nitrogen functional groups attached to an aromatic ring is 1. The average molecular weight is 153 g/mol. The molecule has 62 valence electrons. The Labute approximate surface area is 67.0 Å². The molecule has 0 spiro atoms. The normalized spacial score (nSPS) is 10.4. The fraction of sp³-hybridized carbons (Fsp3) is 0.500. The highest BCUT2D eigenvalue weighted by Crippen LogP contribution is 2.09. The highest BCUT2D eigenvalue weighted by molar-refractivity contribution is 5.38. The molecule has 0 unspecified atom stereocenters. The second kappa shape index (κ2) is 3.44. The predicted octanol–water partition coefficient (Wildman–Crippen LogP) is 0.939. The predicted molar refractivity (Wildman–Crippen MR) is 47.0 cm³/mol. The molecule has 0 saturated carbocycles. The van der Waals surface area contributed by atoms with Crippen LogP contribution < -0.4 is 11.5 Å². The average Bonchev–Trinajstić information content (AvgIpc) is 2.32. The summed E-state index contributed by atoms with van der Waals surface area (Å²) in [6, 6.07) is 1.93. The minimum Gasteiger partial charge on any atom is -0.397 e. The summed E-state index contributed by atoms with van der Waals surface area (Å²) in [5, 5.41) is 0. The molecule has 0 amide bonds. The number of nitrogens with zero attached hydrogens (tertiary/aromatic N) is 1. The SMILES string of the molecule is CCCn1cc(N)cc1CN.